The van der Waals surface area contributed by atoms with Gasteiger partial charge in [0.05, 0.1) is 0 Å². The highest BCUT2D eigenvalue weighted by molar-refractivity contribution is 7.90. The Bertz CT molecular complexity index is 265. The minimum atomic E-state index is -2.78. The molecule has 92 valence electrons. The van der Waals surface area contributed by atoms with Crippen LogP contribution in [0.2, 0.25) is 0 Å². The Labute approximate surface area is 94.4 Å². The fraction of sp³-hybridized carbons (Fsp3) is 1.00. The first-order chi connectivity index (χ1) is 6.63. The van der Waals surface area contributed by atoms with Gasteiger partial charge in [0.25, 0.3) is 0 Å². The molecule has 0 rings (SSSR count). The molecule has 2 N–H and O–H groups in total. The van der Waals surface area contributed by atoms with Gasteiger partial charge in [-0.1, -0.05) is 33.6 Å². The molecule has 4 heteroatoms. The van der Waals surface area contributed by atoms with E-state index in [4.69, 9.17) is 5.73 Å². The van der Waals surface area contributed by atoms with E-state index in [1.54, 1.807) is 0 Å². The first-order valence-corrected chi connectivity index (χ1v) is 7.62. The summed E-state index contributed by atoms with van der Waals surface area (Å²) in [6.45, 7) is 6.40. The average molecular weight is 235 g/mol. The van der Waals surface area contributed by atoms with Crippen molar-refractivity contribution in [2.75, 3.05) is 12.0 Å². The molecule has 0 aliphatic rings. The Hall–Kier alpha value is -0.0900. The van der Waals surface area contributed by atoms with E-state index in [0.29, 0.717) is 5.75 Å². The molecule has 0 bridgehead atoms. The summed E-state index contributed by atoms with van der Waals surface area (Å²) in [4.78, 5) is 0. The standard InChI is InChI=1S/C11H25NO2S/c1-11(2,3)10(12)8-6-5-7-9-15(4,13)14/h10H,5-9,12H2,1-4H3/t10-/m1/s1. The Morgan fingerprint density at radius 3 is 2.07 bits per heavy atom. The minimum absolute atomic E-state index is 0.150. The smallest absolute Gasteiger partial charge is 0.147 e. The number of hydrogen-bond acceptors (Lipinski definition) is 3. The molecular weight excluding hydrogens is 210 g/mol. The third-order valence-corrected chi connectivity index (χ3v) is 3.67. The molecule has 1 atom stereocenters. The van der Waals surface area contributed by atoms with Crippen molar-refractivity contribution in [3.05, 3.63) is 0 Å². The molecule has 0 fully saturated rings. The Morgan fingerprint density at radius 1 is 1.13 bits per heavy atom. The van der Waals surface area contributed by atoms with Gasteiger partial charge in [-0.2, -0.15) is 0 Å². The van der Waals surface area contributed by atoms with Crippen molar-refractivity contribution in [3.63, 3.8) is 0 Å². The van der Waals surface area contributed by atoms with Crippen LogP contribution in [0.3, 0.4) is 0 Å². The molecule has 0 aromatic carbocycles. The van der Waals surface area contributed by atoms with E-state index >= 15 is 0 Å². The SMILES string of the molecule is CC(C)(C)[C@H](N)CCCCCS(C)(=O)=O. The molecule has 0 aliphatic carbocycles. The molecule has 0 aromatic heterocycles. The zero-order valence-electron chi connectivity index (χ0n) is 10.4. The summed E-state index contributed by atoms with van der Waals surface area (Å²) >= 11 is 0. The van der Waals surface area contributed by atoms with Crippen molar-refractivity contribution >= 4 is 9.84 Å². The predicted octanol–water partition coefficient (Wildman–Crippen LogP) is 1.96. The quantitative estimate of drug-likeness (QED) is 0.716. The highest BCUT2D eigenvalue weighted by Gasteiger charge is 2.19. The van der Waals surface area contributed by atoms with Crippen LogP contribution in [0.15, 0.2) is 0 Å². The fourth-order valence-electron chi connectivity index (χ4n) is 1.34. The molecular formula is C11H25NO2S. The summed E-state index contributed by atoms with van der Waals surface area (Å²) in [7, 11) is -2.78. The molecule has 0 amide bonds. The number of rotatable bonds is 6. The van der Waals surface area contributed by atoms with Gasteiger partial charge >= 0.3 is 0 Å². The van der Waals surface area contributed by atoms with Gasteiger partial charge in [-0.15, -0.1) is 0 Å². The maximum atomic E-state index is 10.9. The molecule has 0 heterocycles. The minimum Gasteiger partial charge on any atom is -0.327 e. The highest BCUT2D eigenvalue weighted by Crippen LogP contribution is 2.21. The van der Waals surface area contributed by atoms with Gasteiger partial charge < -0.3 is 5.73 Å². The topological polar surface area (TPSA) is 60.2 Å². The molecule has 15 heavy (non-hydrogen) atoms. The zero-order valence-corrected chi connectivity index (χ0v) is 11.2. The van der Waals surface area contributed by atoms with Gasteiger partial charge in [-0.3, -0.25) is 0 Å². The second-order valence-corrected chi connectivity index (χ2v) is 7.71. The van der Waals surface area contributed by atoms with Gasteiger partial charge in [-0.05, 0) is 18.3 Å². The molecule has 0 aromatic rings. The molecule has 0 spiro atoms. The van der Waals surface area contributed by atoms with Crippen molar-refractivity contribution in [1.82, 2.24) is 0 Å². The number of nitrogens with two attached hydrogens (primary N) is 1. The van der Waals surface area contributed by atoms with E-state index < -0.39 is 9.84 Å². The van der Waals surface area contributed by atoms with Gasteiger partial charge in [0.2, 0.25) is 0 Å². The molecule has 0 saturated carbocycles. The molecule has 0 radical (unpaired) electrons. The van der Waals surface area contributed by atoms with Crippen LogP contribution in [-0.2, 0) is 9.84 Å². The van der Waals surface area contributed by atoms with Gasteiger partial charge in [-0.25, -0.2) is 8.42 Å². The van der Waals surface area contributed by atoms with E-state index in [2.05, 4.69) is 20.8 Å². The van der Waals surface area contributed by atoms with Crippen molar-refractivity contribution < 1.29 is 8.42 Å². The average Bonchev–Trinajstić information content (AvgIpc) is 1.99. The number of unbranched alkanes of at least 4 members (excludes halogenated alkanes) is 2. The van der Waals surface area contributed by atoms with Crippen LogP contribution in [0.1, 0.15) is 46.5 Å². The third kappa shape index (κ3) is 8.88. The summed E-state index contributed by atoms with van der Waals surface area (Å²) < 4.78 is 21.7. The third-order valence-electron chi connectivity index (χ3n) is 2.64. The lowest BCUT2D eigenvalue weighted by molar-refractivity contribution is 0.299. The van der Waals surface area contributed by atoms with Gasteiger partial charge in [0.1, 0.15) is 9.84 Å². The Morgan fingerprint density at radius 2 is 1.67 bits per heavy atom. The van der Waals surface area contributed by atoms with E-state index in [-0.39, 0.29) is 11.5 Å². The van der Waals surface area contributed by atoms with Crippen LogP contribution >= 0.6 is 0 Å². The highest BCUT2D eigenvalue weighted by atomic mass is 32.2. The second kappa shape index (κ2) is 5.85. The van der Waals surface area contributed by atoms with Crippen LogP contribution in [0, 0.1) is 5.41 Å². The maximum absolute atomic E-state index is 10.9. The summed E-state index contributed by atoms with van der Waals surface area (Å²) in [5.41, 5.74) is 6.15. The first-order valence-electron chi connectivity index (χ1n) is 5.56. The summed E-state index contributed by atoms with van der Waals surface area (Å²) in [5, 5.41) is 0. The largest absolute Gasteiger partial charge is 0.327 e. The number of hydrogen-bond donors (Lipinski definition) is 1. The molecule has 3 nitrogen and oxygen atoms in total. The van der Waals surface area contributed by atoms with E-state index in [0.717, 1.165) is 25.7 Å². The monoisotopic (exact) mass is 235 g/mol. The van der Waals surface area contributed by atoms with Crippen LogP contribution in [-0.4, -0.2) is 26.5 Å². The summed E-state index contributed by atoms with van der Waals surface area (Å²) in [6, 6.07) is 0.204. The Balaban J connectivity index is 3.56. The number of sulfone groups is 1. The van der Waals surface area contributed by atoms with Gasteiger partial charge in [0, 0.05) is 18.1 Å². The van der Waals surface area contributed by atoms with Crippen molar-refractivity contribution in [2.24, 2.45) is 11.1 Å². The van der Waals surface area contributed by atoms with Crippen molar-refractivity contribution in [2.45, 2.75) is 52.5 Å². The lowest BCUT2D eigenvalue weighted by atomic mass is 9.84. The first kappa shape index (κ1) is 14.9. The van der Waals surface area contributed by atoms with Crippen LogP contribution in [0.5, 0.6) is 0 Å². The van der Waals surface area contributed by atoms with E-state index in [1.807, 2.05) is 0 Å². The van der Waals surface area contributed by atoms with Gasteiger partial charge in [0.15, 0.2) is 0 Å². The lowest BCUT2D eigenvalue weighted by Crippen LogP contribution is -2.34. The van der Waals surface area contributed by atoms with Crippen LogP contribution in [0.4, 0.5) is 0 Å². The molecule has 0 saturated heterocycles. The summed E-state index contributed by atoms with van der Waals surface area (Å²) in [5.74, 6) is 0.303. The van der Waals surface area contributed by atoms with Crippen LogP contribution in [0.25, 0.3) is 0 Å². The van der Waals surface area contributed by atoms with Crippen molar-refractivity contribution in [1.29, 1.82) is 0 Å². The predicted molar refractivity (Wildman–Crippen MR) is 65.6 cm³/mol. The van der Waals surface area contributed by atoms with Crippen molar-refractivity contribution in [3.8, 4) is 0 Å². The van der Waals surface area contributed by atoms with E-state index in [9.17, 15) is 8.42 Å². The fourth-order valence-corrected chi connectivity index (χ4v) is 2.07. The lowest BCUT2D eigenvalue weighted by Gasteiger charge is -2.26. The second-order valence-electron chi connectivity index (χ2n) is 5.45. The van der Waals surface area contributed by atoms with Crippen LogP contribution < -0.4 is 5.73 Å². The molecule has 0 unspecified atom stereocenters. The maximum Gasteiger partial charge on any atom is 0.147 e. The molecule has 0 aliphatic heterocycles. The summed E-state index contributed by atoms with van der Waals surface area (Å²) in [6.07, 6.45) is 5.00. The normalized spacial score (nSPS) is 15.3. The zero-order chi connectivity index (χ0) is 12.1. The Kier molecular flexibility index (Phi) is 5.81. The van der Waals surface area contributed by atoms with E-state index in [1.165, 1.54) is 6.26 Å².